The van der Waals surface area contributed by atoms with E-state index in [4.69, 9.17) is 5.11 Å². The van der Waals surface area contributed by atoms with Crippen molar-refractivity contribution in [2.24, 2.45) is 0 Å². The summed E-state index contributed by atoms with van der Waals surface area (Å²) < 4.78 is 3.72. The number of carboxylic acids is 1. The normalized spacial score (nSPS) is 10.7. The standard InChI is InChI=1S/C22H18N6O2/c1-15-10-16(11-23)2-5-19(15)28-18(4-7-21(29)30)3-6-20(28)17-12-25-22(26-13-17)27-9-8-24-14-27/h2-3,5-6,8-10,12-14H,4,7H2,1H3,(H,29,30). The Kier molecular flexibility index (Phi) is 5.09. The first kappa shape index (κ1) is 19.1. The van der Waals surface area contributed by atoms with Crippen molar-refractivity contribution in [2.75, 3.05) is 0 Å². The SMILES string of the molecule is Cc1cc(C#N)ccc1-n1c(CCC(=O)O)ccc1-c1cnc(-n2ccnc2)nc1. The zero-order chi connectivity index (χ0) is 21.1. The Morgan fingerprint density at radius 3 is 2.63 bits per heavy atom. The van der Waals surface area contributed by atoms with Gasteiger partial charge >= 0.3 is 5.97 Å². The fraction of sp³-hybridized carbons (Fsp3) is 0.136. The summed E-state index contributed by atoms with van der Waals surface area (Å²) in [4.78, 5) is 24.0. The summed E-state index contributed by atoms with van der Waals surface area (Å²) in [6.07, 6.45) is 8.91. The van der Waals surface area contributed by atoms with Gasteiger partial charge in [-0.15, -0.1) is 0 Å². The molecule has 0 spiro atoms. The van der Waals surface area contributed by atoms with Crippen molar-refractivity contribution in [3.05, 3.63) is 78.3 Å². The van der Waals surface area contributed by atoms with Crippen LogP contribution < -0.4 is 0 Å². The molecule has 0 bridgehead atoms. The lowest BCUT2D eigenvalue weighted by atomic mass is 10.1. The Morgan fingerprint density at radius 2 is 2.00 bits per heavy atom. The van der Waals surface area contributed by atoms with Crippen LogP contribution in [-0.2, 0) is 11.2 Å². The Morgan fingerprint density at radius 1 is 1.20 bits per heavy atom. The predicted octanol–water partition coefficient (Wildman–Crippen LogP) is 3.32. The van der Waals surface area contributed by atoms with Crippen LogP contribution in [0.1, 0.15) is 23.2 Å². The third-order valence-electron chi connectivity index (χ3n) is 4.79. The van der Waals surface area contributed by atoms with E-state index in [0.29, 0.717) is 17.9 Å². The summed E-state index contributed by atoms with van der Waals surface area (Å²) >= 11 is 0. The van der Waals surface area contributed by atoms with Crippen molar-refractivity contribution in [3.8, 4) is 29.0 Å². The summed E-state index contributed by atoms with van der Waals surface area (Å²) in [5.41, 5.74) is 4.88. The molecule has 148 valence electrons. The number of hydrogen-bond acceptors (Lipinski definition) is 5. The van der Waals surface area contributed by atoms with Gasteiger partial charge in [-0.05, 0) is 49.2 Å². The van der Waals surface area contributed by atoms with E-state index in [0.717, 1.165) is 28.2 Å². The Balaban J connectivity index is 1.80. The lowest BCUT2D eigenvalue weighted by Crippen LogP contribution is -2.07. The fourth-order valence-corrected chi connectivity index (χ4v) is 3.36. The van der Waals surface area contributed by atoms with Gasteiger partial charge in [0.1, 0.15) is 6.33 Å². The van der Waals surface area contributed by atoms with Gasteiger partial charge in [-0.2, -0.15) is 5.26 Å². The topological polar surface area (TPSA) is 110 Å². The molecule has 0 aliphatic rings. The van der Waals surface area contributed by atoms with Gasteiger partial charge < -0.3 is 9.67 Å². The van der Waals surface area contributed by atoms with Crippen LogP contribution in [0.4, 0.5) is 0 Å². The number of nitriles is 1. The molecule has 4 aromatic rings. The van der Waals surface area contributed by atoms with Crippen molar-refractivity contribution in [2.45, 2.75) is 19.8 Å². The molecule has 1 N–H and O–H groups in total. The number of benzene rings is 1. The summed E-state index contributed by atoms with van der Waals surface area (Å²) in [5.74, 6) is -0.344. The number of aryl methyl sites for hydroxylation is 2. The number of nitrogens with zero attached hydrogens (tertiary/aromatic N) is 6. The van der Waals surface area contributed by atoms with E-state index in [1.807, 2.05) is 35.8 Å². The molecule has 8 nitrogen and oxygen atoms in total. The Hall–Kier alpha value is -4.25. The third kappa shape index (κ3) is 3.69. The molecule has 0 amide bonds. The quantitative estimate of drug-likeness (QED) is 0.534. The van der Waals surface area contributed by atoms with Crippen LogP contribution in [0.15, 0.2) is 61.4 Å². The first-order valence-electron chi connectivity index (χ1n) is 9.31. The zero-order valence-electron chi connectivity index (χ0n) is 16.2. The molecule has 30 heavy (non-hydrogen) atoms. The number of hydrogen-bond donors (Lipinski definition) is 1. The van der Waals surface area contributed by atoms with Crippen LogP contribution in [0.5, 0.6) is 0 Å². The van der Waals surface area contributed by atoms with Gasteiger partial charge in [-0.25, -0.2) is 15.0 Å². The van der Waals surface area contributed by atoms with Crippen LogP contribution in [0.25, 0.3) is 22.9 Å². The van der Waals surface area contributed by atoms with Crippen molar-refractivity contribution in [1.29, 1.82) is 5.26 Å². The highest BCUT2D eigenvalue weighted by Gasteiger charge is 2.16. The smallest absolute Gasteiger partial charge is 0.303 e. The molecule has 0 saturated carbocycles. The lowest BCUT2D eigenvalue weighted by Gasteiger charge is -2.16. The highest BCUT2D eigenvalue weighted by molar-refractivity contribution is 5.68. The highest BCUT2D eigenvalue weighted by atomic mass is 16.4. The minimum absolute atomic E-state index is 0.0227. The molecule has 8 heteroatoms. The first-order valence-corrected chi connectivity index (χ1v) is 9.31. The number of imidazole rings is 1. The molecule has 1 aromatic carbocycles. The van der Waals surface area contributed by atoms with Gasteiger partial charge in [-0.3, -0.25) is 9.36 Å². The van der Waals surface area contributed by atoms with Crippen molar-refractivity contribution < 1.29 is 9.90 Å². The van der Waals surface area contributed by atoms with Crippen LogP contribution >= 0.6 is 0 Å². The van der Waals surface area contributed by atoms with Gasteiger partial charge in [0, 0.05) is 41.7 Å². The van der Waals surface area contributed by atoms with Crippen molar-refractivity contribution in [1.82, 2.24) is 24.1 Å². The maximum atomic E-state index is 11.1. The fourth-order valence-electron chi connectivity index (χ4n) is 3.36. The molecule has 4 rings (SSSR count). The minimum Gasteiger partial charge on any atom is -0.481 e. The van der Waals surface area contributed by atoms with Crippen molar-refractivity contribution in [3.63, 3.8) is 0 Å². The average Bonchev–Trinajstić information content (AvgIpc) is 3.42. The van der Waals surface area contributed by atoms with E-state index in [2.05, 4.69) is 21.0 Å². The van der Waals surface area contributed by atoms with E-state index in [9.17, 15) is 10.1 Å². The molecule has 0 aliphatic heterocycles. The summed E-state index contributed by atoms with van der Waals surface area (Å²) in [6.45, 7) is 1.93. The number of aliphatic carboxylic acids is 1. The Labute approximate surface area is 172 Å². The third-order valence-corrected chi connectivity index (χ3v) is 4.79. The van der Waals surface area contributed by atoms with Crippen LogP contribution in [-0.4, -0.2) is 35.2 Å². The summed E-state index contributed by atoms with van der Waals surface area (Å²) in [6, 6.07) is 11.4. The van der Waals surface area contributed by atoms with Crippen LogP contribution in [0.2, 0.25) is 0 Å². The van der Waals surface area contributed by atoms with Gasteiger partial charge in [0.2, 0.25) is 5.95 Å². The molecule has 0 radical (unpaired) electrons. The summed E-state index contributed by atoms with van der Waals surface area (Å²) in [5, 5.41) is 18.3. The van der Waals surface area contributed by atoms with Crippen molar-refractivity contribution >= 4 is 5.97 Å². The zero-order valence-corrected chi connectivity index (χ0v) is 16.2. The largest absolute Gasteiger partial charge is 0.481 e. The second kappa shape index (κ2) is 8.01. The maximum absolute atomic E-state index is 11.1. The minimum atomic E-state index is -0.853. The van der Waals surface area contributed by atoms with E-state index in [1.165, 1.54) is 0 Å². The summed E-state index contributed by atoms with van der Waals surface area (Å²) in [7, 11) is 0. The molecule has 0 aliphatic carbocycles. The molecular weight excluding hydrogens is 380 g/mol. The van der Waals surface area contributed by atoms with Gasteiger partial charge in [0.15, 0.2) is 0 Å². The molecule has 0 fully saturated rings. The van der Waals surface area contributed by atoms with Gasteiger partial charge in [-0.1, -0.05) is 0 Å². The number of aromatic nitrogens is 5. The molecule has 0 atom stereocenters. The molecular formula is C22H18N6O2. The molecule has 0 saturated heterocycles. The number of carbonyl (C=O) groups is 1. The Bertz CT molecular complexity index is 1230. The highest BCUT2D eigenvalue weighted by Crippen LogP contribution is 2.29. The molecule has 0 unspecified atom stereocenters. The number of rotatable bonds is 6. The molecule has 3 heterocycles. The van der Waals surface area contributed by atoms with Gasteiger partial charge in [0.25, 0.3) is 0 Å². The predicted molar refractivity (Wildman–Crippen MR) is 109 cm³/mol. The lowest BCUT2D eigenvalue weighted by molar-refractivity contribution is -0.136. The second-order valence-electron chi connectivity index (χ2n) is 6.79. The molecule has 3 aromatic heterocycles. The van der Waals surface area contributed by atoms with E-state index in [1.54, 1.807) is 41.7 Å². The maximum Gasteiger partial charge on any atom is 0.303 e. The van der Waals surface area contributed by atoms with E-state index >= 15 is 0 Å². The second-order valence-corrected chi connectivity index (χ2v) is 6.79. The average molecular weight is 398 g/mol. The van der Waals surface area contributed by atoms with E-state index < -0.39 is 5.97 Å². The monoisotopic (exact) mass is 398 g/mol. The first-order chi connectivity index (χ1) is 14.6. The van der Waals surface area contributed by atoms with Crippen LogP contribution in [0, 0.1) is 18.3 Å². The van der Waals surface area contributed by atoms with Crippen LogP contribution in [0.3, 0.4) is 0 Å². The van der Waals surface area contributed by atoms with Gasteiger partial charge in [0.05, 0.1) is 23.7 Å². The number of carboxylic acid groups (broad SMARTS) is 1. The van der Waals surface area contributed by atoms with E-state index in [-0.39, 0.29) is 6.42 Å².